The Morgan fingerprint density at radius 3 is 2.41 bits per heavy atom. The molecule has 4 heteroatoms. The van der Waals surface area contributed by atoms with Gasteiger partial charge in [0.2, 0.25) is 0 Å². The average molecular weight is 406 g/mol. The number of rotatable bonds is 10. The van der Waals surface area contributed by atoms with Gasteiger partial charge in [-0.15, -0.1) is 17.9 Å². The smallest absolute Gasteiger partial charge is 0.192 e. The van der Waals surface area contributed by atoms with E-state index in [4.69, 9.17) is 9.41 Å². The minimum atomic E-state index is -1.86. The molecule has 0 N–H and O–H groups in total. The minimum absolute atomic E-state index is 0.122. The van der Waals surface area contributed by atoms with Crippen LogP contribution in [0.1, 0.15) is 65.1 Å². The molecule has 0 spiro atoms. The Kier molecular flexibility index (Phi) is 8.91. The molecule has 0 bridgehead atoms. The molecule has 2 nitrogen and oxygen atoms in total. The highest BCUT2D eigenvalue weighted by Crippen LogP contribution is 2.42. The number of thiazole rings is 1. The fourth-order valence-electron chi connectivity index (χ4n) is 2.51. The Morgan fingerprint density at radius 2 is 1.85 bits per heavy atom. The Hall–Kier alpha value is -0.973. The molecule has 0 unspecified atom stereocenters. The van der Waals surface area contributed by atoms with E-state index in [9.17, 15) is 0 Å². The summed E-state index contributed by atoms with van der Waals surface area (Å²) in [4.78, 5) is 4.95. The predicted molar refractivity (Wildman–Crippen MR) is 124 cm³/mol. The molecule has 0 saturated heterocycles. The average Bonchev–Trinajstić information content (AvgIpc) is 3.04. The number of allylic oxidation sites excluding steroid dienone is 4. The second-order valence-corrected chi connectivity index (χ2v) is 14.9. The lowest BCUT2D eigenvalue weighted by atomic mass is 9.85. The third-order valence-corrected chi connectivity index (χ3v) is 11.2. The Morgan fingerprint density at radius 1 is 1.19 bits per heavy atom. The Balaban J connectivity index is 3.06. The molecule has 0 aliphatic heterocycles. The Bertz CT molecular complexity index is 650. The molecule has 0 aliphatic carbocycles. The van der Waals surface area contributed by atoms with Crippen molar-refractivity contribution in [3.8, 4) is 0 Å². The van der Waals surface area contributed by atoms with Gasteiger partial charge in [0.15, 0.2) is 8.32 Å². The summed E-state index contributed by atoms with van der Waals surface area (Å²) in [5.74, 6) is 0. The molecule has 0 aromatic carbocycles. The third kappa shape index (κ3) is 6.85. The first-order valence-corrected chi connectivity index (χ1v) is 13.7. The Labute approximate surface area is 172 Å². The van der Waals surface area contributed by atoms with Crippen LogP contribution < -0.4 is 0 Å². The molecule has 0 aliphatic rings. The normalized spacial score (nSPS) is 15.0. The molecule has 0 amide bonds. The van der Waals surface area contributed by atoms with Gasteiger partial charge in [-0.3, -0.25) is 0 Å². The highest BCUT2D eigenvalue weighted by Gasteiger charge is 2.43. The molecule has 27 heavy (non-hydrogen) atoms. The van der Waals surface area contributed by atoms with Crippen molar-refractivity contribution in [2.75, 3.05) is 0 Å². The van der Waals surface area contributed by atoms with Crippen molar-refractivity contribution in [2.45, 2.75) is 90.5 Å². The van der Waals surface area contributed by atoms with Gasteiger partial charge in [-0.2, -0.15) is 0 Å². The number of hydrogen-bond acceptors (Lipinski definition) is 3. The lowest BCUT2D eigenvalue weighted by molar-refractivity contribution is 0.111. The first-order valence-electron chi connectivity index (χ1n) is 9.95. The van der Waals surface area contributed by atoms with E-state index >= 15 is 0 Å². The quantitative estimate of drug-likeness (QED) is 0.298. The van der Waals surface area contributed by atoms with Gasteiger partial charge >= 0.3 is 0 Å². The molecule has 0 saturated carbocycles. The maximum absolute atomic E-state index is 6.88. The van der Waals surface area contributed by atoms with E-state index in [1.54, 1.807) is 11.3 Å². The van der Waals surface area contributed by atoms with Crippen LogP contribution in [0.3, 0.4) is 0 Å². The SMILES string of the molecule is C=CC/C=C/Cc1csc(C(C)(C)[C@@H](C/C=C\C)O[Si](C)(C)C(C)(C)C)n1. The van der Waals surface area contributed by atoms with E-state index < -0.39 is 8.32 Å². The van der Waals surface area contributed by atoms with Crippen LogP contribution in [0.15, 0.2) is 42.3 Å². The van der Waals surface area contributed by atoms with Gasteiger partial charge in [0.1, 0.15) is 5.01 Å². The highest BCUT2D eigenvalue weighted by atomic mass is 32.1. The standard InChI is InChI=1S/C23H39NOSSi/c1-10-12-14-15-16-19-18-26-21(24-19)23(6,7)20(17-13-11-2)25-27(8,9)22(3,4)5/h10-11,13-15,18,20H,1,12,16-17H2,2-9H3/b13-11-,15-14+/t20-/m1/s1. The van der Waals surface area contributed by atoms with E-state index in [2.05, 4.69) is 90.9 Å². The van der Waals surface area contributed by atoms with Gasteiger partial charge in [0, 0.05) is 17.2 Å². The molecule has 1 aromatic rings. The molecule has 1 rings (SSSR count). The van der Waals surface area contributed by atoms with E-state index in [1.807, 2.05) is 6.08 Å². The minimum Gasteiger partial charge on any atom is -0.413 e. The van der Waals surface area contributed by atoms with Gasteiger partial charge in [0.05, 0.1) is 11.8 Å². The summed E-state index contributed by atoms with van der Waals surface area (Å²) >= 11 is 1.76. The van der Waals surface area contributed by atoms with Crippen LogP contribution in [0.5, 0.6) is 0 Å². The topological polar surface area (TPSA) is 22.1 Å². The maximum atomic E-state index is 6.88. The predicted octanol–water partition coefficient (Wildman–Crippen LogP) is 7.45. The first kappa shape index (κ1) is 24.1. The monoisotopic (exact) mass is 405 g/mol. The van der Waals surface area contributed by atoms with Crippen LogP contribution in [-0.4, -0.2) is 19.4 Å². The second-order valence-electron chi connectivity index (χ2n) is 9.24. The van der Waals surface area contributed by atoms with Crippen LogP contribution in [0.2, 0.25) is 18.1 Å². The molecule has 0 radical (unpaired) electrons. The van der Waals surface area contributed by atoms with Crippen molar-refractivity contribution < 1.29 is 4.43 Å². The highest BCUT2D eigenvalue weighted by molar-refractivity contribution is 7.09. The van der Waals surface area contributed by atoms with E-state index in [0.29, 0.717) is 0 Å². The largest absolute Gasteiger partial charge is 0.413 e. The van der Waals surface area contributed by atoms with Crippen molar-refractivity contribution in [1.29, 1.82) is 0 Å². The fraction of sp³-hybridized carbons (Fsp3) is 0.609. The zero-order valence-electron chi connectivity index (χ0n) is 18.6. The van der Waals surface area contributed by atoms with Crippen molar-refractivity contribution >= 4 is 19.7 Å². The fourth-order valence-corrected chi connectivity index (χ4v) is 4.97. The van der Waals surface area contributed by atoms with Crippen LogP contribution in [0.4, 0.5) is 0 Å². The number of aromatic nitrogens is 1. The van der Waals surface area contributed by atoms with E-state index in [0.717, 1.165) is 25.0 Å². The lowest BCUT2D eigenvalue weighted by Crippen LogP contribution is -2.49. The number of nitrogens with zero attached hydrogens (tertiary/aromatic N) is 1. The van der Waals surface area contributed by atoms with E-state index in [-0.39, 0.29) is 16.6 Å². The summed E-state index contributed by atoms with van der Waals surface area (Å²) < 4.78 is 6.88. The van der Waals surface area contributed by atoms with Crippen LogP contribution in [0, 0.1) is 0 Å². The molecule has 1 aromatic heterocycles. The van der Waals surface area contributed by atoms with Gasteiger partial charge in [0.25, 0.3) is 0 Å². The summed E-state index contributed by atoms with van der Waals surface area (Å²) in [6, 6.07) is 0. The maximum Gasteiger partial charge on any atom is 0.192 e. The van der Waals surface area contributed by atoms with Crippen molar-refractivity contribution in [3.05, 3.63) is 53.0 Å². The molecular weight excluding hydrogens is 366 g/mol. The van der Waals surface area contributed by atoms with Gasteiger partial charge in [-0.1, -0.05) is 65.0 Å². The van der Waals surface area contributed by atoms with Crippen LogP contribution in [0.25, 0.3) is 0 Å². The van der Waals surface area contributed by atoms with Gasteiger partial charge < -0.3 is 4.43 Å². The molecular formula is C23H39NOSSi. The summed E-state index contributed by atoms with van der Waals surface area (Å²) in [5.41, 5.74) is 1.02. The molecule has 152 valence electrons. The van der Waals surface area contributed by atoms with Crippen LogP contribution >= 0.6 is 11.3 Å². The second kappa shape index (κ2) is 9.99. The van der Waals surface area contributed by atoms with Crippen LogP contribution in [-0.2, 0) is 16.3 Å². The summed E-state index contributed by atoms with van der Waals surface area (Å²) in [7, 11) is -1.86. The lowest BCUT2D eigenvalue weighted by Gasteiger charge is -2.43. The summed E-state index contributed by atoms with van der Waals surface area (Å²) in [6.07, 6.45) is 13.4. The molecule has 0 fully saturated rings. The first-order chi connectivity index (χ1) is 12.5. The summed E-state index contributed by atoms with van der Waals surface area (Å²) in [5, 5.41) is 3.55. The zero-order valence-corrected chi connectivity index (χ0v) is 20.5. The van der Waals surface area contributed by atoms with Crippen molar-refractivity contribution in [1.82, 2.24) is 4.98 Å². The molecule has 1 heterocycles. The third-order valence-electron chi connectivity index (χ3n) is 5.53. The van der Waals surface area contributed by atoms with Gasteiger partial charge in [-0.05, 0) is 37.9 Å². The number of hydrogen-bond donors (Lipinski definition) is 0. The van der Waals surface area contributed by atoms with Crippen molar-refractivity contribution in [3.63, 3.8) is 0 Å². The van der Waals surface area contributed by atoms with Gasteiger partial charge in [-0.25, -0.2) is 4.98 Å². The summed E-state index contributed by atoms with van der Waals surface area (Å²) in [6.45, 7) is 22.0. The zero-order chi connectivity index (χ0) is 20.7. The van der Waals surface area contributed by atoms with E-state index in [1.165, 1.54) is 5.01 Å². The molecule has 1 atom stereocenters. The van der Waals surface area contributed by atoms with Crippen molar-refractivity contribution in [2.24, 2.45) is 0 Å².